The van der Waals surface area contributed by atoms with Crippen molar-refractivity contribution in [2.45, 2.75) is 26.0 Å². The van der Waals surface area contributed by atoms with Crippen molar-refractivity contribution < 1.29 is 5.11 Å². The summed E-state index contributed by atoms with van der Waals surface area (Å²) in [6, 6.07) is 17.4. The van der Waals surface area contributed by atoms with E-state index in [1.54, 1.807) is 0 Å². The second kappa shape index (κ2) is 12.1. The predicted octanol–water partition coefficient (Wildman–Crippen LogP) is 4.14. The van der Waals surface area contributed by atoms with Gasteiger partial charge in [-0.05, 0) is 36.6 Å². The van der Waals surface area contributed by atoms with E-state index < -0.39 is 6.10 Å². The van der Waals surface area contributed by atoms with E-state index in [0.29, 0.717) is 24.5 Å². The molecule has 0 aliphatic carbocycles. The van der Waals surface area contributed by atoms with Crippen LogP contribution in [-0.2, 0) is 6.54 Å². The third kappa shape index (κ3) is 8.07. The third-order valence-electron chi connectivity index (χ3n) is 3.55. The van der Waals surface area contributed by atoms with E-state index in [2.05, 4.69) is 15.6 Å². The summed E-state index contributed by atoms with van der Waals surface area (Å²) in [6.07, 6.45) is 0.139. The topological polar surface area (TPSA) is 56.7 Å². The fraction of sp³-hybridized carbons (Fsp3) is 0.316. The van der Waals surface area contributed by atoms with Crippen LogP contribution in [0.4, 0.5) is 0 Å². The molecule has 0 saturated heterocycles. The SMILES string of the molecule is CCNC(=NCc1cccc(Cl)c1)NCCC(O)c1ccccc1.I. The van der Waals surface area contributed by atoms with Gasteiger partial charge in [0.15, 0.2) is 5.96 Å². The molecule has 4 nitrogen and oxygen atoms in total. The van der Waals surface area contributed by atoms with Crippen molar-refractivity contribution in [1.29, 1.82) is 0 Å². The highest BCUT2D eigenvalue weighted by Gasteiger charge is 2.07. The van der Waals surface area contributed by atoms with Crippen molar-refractivity contribution in [2.24, 2.45) is 4.99 Å². The van der Waals surface area contributed by atoms with Gasteiger partial charge in [0.25, 0.3) is 0 Å². The highest BCUT2D eigenvalue weighted by Crippen LogP contribution is 2.15. The zero-order valence-electron chi connectivity index (χ0n) is 14.3. The Morgan fingerprint density at radius 2 is 1.88 bits per heavy atom. The lowest BCUT2D eigenvalue weighted by molar-refractivity contribution is 0.168. The number of halogens is 2. The first-order valence-corrected chi connectivity index (χ1v) is 8.56. The fourth-order valence-electron chi connectivity index (χ4n) is 2.32. The molecule has 0 heterocycles. The number of benzene rings is 2. The summed E-state index contributed by atoms with van der Waals surface area (Å²) in [6.45, 7) is 3.99. The van der Waals surface area contributed by atoms with Gasteiger partial charge in [0.05, 0.1) is 12.6 Å². The number of aliphatic hydroxyl groups is 1. The highest BCUT2D eigenvalue weighted by atomic mass is 127. The van der Waals surface area contributed by atoms with E-state index in [9.17, 15) is 5.11 Å². The minimum atomic E-state index is -0.477. The van der Waals surface area contributed by atoms with Crippen LogP contribution in [0.3, 0.4) is 0 Å². The van der Waals surface area contributed by atoms with Gasteiger partial charge >= 0.3 is 0 Å². The highest BCUT2D eigenvalue weighted by molar-refractivity contribution is 14.0. The Labute approximate surface area is 171 Å². The Bertz CT molecular complexity index is 652. The number of aliphatic hydroxyl groups excluding tert-OH is 1. The second-order valence-electron chi connectivity index (χ2n) is 5.47. The second-order valence-corrected chi connectivity index (χ2v) is 5.90. The molecule has 0 amide bonds. The number of aliphatic imine (C=N–C) groups is 1. The Hall–Kier alpha value is -1.31. The van der Waals surface area contributed by atoms with Gasteiger partial charge in [-0.1, -0.05) is 54.1 Å². The molecule has 2 aromatic carbocycles. The molecule has 2 aromatic rings. The Kier molecular flexibility index (Phi) is 10.5. The first kappa shape index (κ1) is 21.7. The maximum Gasteiger partial charge on any atom is 0.191 e. The van der Waals surface area contributed by atoms with Crippen LogP contribution >= 0.6 is 35.6 Å². The number of hydrogen-bond donors (Lipinski definition) is 3. The predicted molar refractivity (Wildman–Crippen MR) is 116 cm³/mol. The molecular weight excluding hydrogens is 449 g/mol. The van der Waals surface area contributed by atoms with Gasteiger partial charge in [0, 0.05) is 18.1 Å². The maximum atomic E-state index is 10.2. The summed E-state index contributed by atoms with van der Waals surface area (Å²) in [5, 5.41) is 17.4. The molecule has 0 aromatic heterocycles. The molecular formula is C19H25ClIN3O. The lowest BCUT2D eigenvalue weighted by atomic mass is 10.1. The number of nitrogens with zero attached hydrogens (tertiary/aromatic N) is 1. The van der Waals surface area contributed by atoms with Crippen molar-refractivity contribution in [3.8, 4) is 0 Å². The lowest BCUT2D eigenvalue weighted by Crippen LogP contribution is -2.38. The van der Waals surface area contributed by atoms with Crippen LogP contribution in [0, 0.1) is 0 Å². The zero-order chi connectivity index (χ0) is 17.2. The minimum absolute atomic E-state index is 0. The van der Waals surface area contributed by atoms with Crippen molar-refractivity contribution in [2.75, 3.05) is 13.1 Å². The van der Waals surface area contributed by atoms with E-state index >= 15 is 0 Å². The van der Waals surface area contributed by atoms with Gasteiger partial charge in [-0.15, -0.1) is 24.0 Å². The van der Waals surface area contributed by atoms with Crippen molar-refractivity contribution >= 4 is 41.5 Å². The van der Waals surface area contributed by atoms with E-state index in [-0.39, 0.29) is 24.0 Å². The average Bonchev–Trinajstić information content (AvgIpc) is 2.60. The van der Waals surface area contributed by atoms with Crippen LogP contribution in [0.1, 0.15) is 30.6 Å². The molecule has 0 saturated carbocycles. The molecule has 0 fully saturated rings. The van der Waals surface area contributed by atoms with Crippen molar-refractivity contribution in [3.63, 3.8) is 0 Å². The first-order valence-electron chi connectivity index (χ1n) is 8.18. The molecule has 1 atom stereocenters. The van der Waals surface area contributed by atoms with Crippen LogP contribution in [0.5, 0.6) is 0 Å². The van der Waals surface area contributed by atoms with Crippen molar-refractivity contribution in [3.05, 3.63) is 70.7 Å². The van der Waals surface area contributed by atoms with Gasteiger partial charge in [-0.2, -0.15) is 0 Å². The molecule has 3 N–H and O–H groups in total. The van der Waals surface area contributed by atoms with Gasteiger partial charge in [0.2, 0.25) is 0 Å². The van der Waals surface area contributed by atoms with Crippen molar-refractivity contribution in [1.82, 2.24) is 10.6 Å². The monoisotopic (exact) mass is 473 g/mol. The lowest BCUT2D eigenvalue weighted by Gasteiger charge is -2.14. The van der Waals surface area contributed by atoms with Crippen LogP contribution in [0.2, 0.25) is 5.02 Å². The summed E-state index contributed by atoms with van der Waals surface area (Å²) >= 11 is 5.99. The Morgan fingerprint density at radius 1 is 1.12 bits per heavy atom. The number of hydrogen-bond acceptors (Lipinski definition) is 2. The van der Waals surface area contributed by atoms with E-state index in [0.717, 1.165) is 23.6 Å². The Balaban J connectivity index is 0.00000312. The molecule has 0 spiro atoms. The minimum Gasteiger partial charge on any atom is -0.388 e. The maximum absolute atomic E-state index is 10.2. The molecule has 25 heavy (non-hydrogen) atoms. The van der Waals surface area contributed by atoms with E-state index in [4.69, 9.17) is 11.6 Å². The normalized spacial score (nSPS) is 12.2. The van der Waals surface area contributed by atoms with Gasteiger partial charge < -0.3 is 15.7 Å². The largest absolute Gasteiger partial charge is 0.388 e. The summed E-state index contributed by atoms with van der Waals surface area (Å²) in [7, 11) is 0. The van der Waals surface area contributed by atoms with Gasteiger partial charge in [0.1, 0.15) is 0 Å². The fourth-order valence-corrected chi connectivity index (χ4v) is 2.53. The van der Waals surface area contributed by atoms with E-state index in [1.165, 1.54) is 0 Å². The standard InChI is InChI=1S/C19H24ClN3O.HI/c1-2-21-19(23-14-15-7-6-10-17(20)13-15)22-12-11-18(24)16-8-4-3-5-9-16;/h3-10,13,18,24H,2,11-12,14H2,1H3,(H2,21,22,23);1H. The summed E-state index contributed by atoms with van der Waals surface area (Å²) in [5.74, 6) is 0.734. The number of nitrogens with one attached hydrogen (secondary N) is 2. The zero-order valence-corrected chi connectivity index (χ0v) is 17.4. The molecule has 1 unspecified atom stereocenters. The summed E-state index contributed by atoms with van der Waals surface area (Å²) in [5.41, 5.74) is 1.99. The van der Waals surface area contributed by atoms with Gasteiger partial charge in [-0.25, -0.2) is 4.99 Å². The summed E-state index contributed by atoms with van der Waals surface area (Å²) in [4.78, 5) is 4.55. The average molecular weight is 474 g/mol. The van der Waals surface area contributed by atoms with Gasteiger partial charge in [-0.3, -0.25) is 0 Å². The van der Waals surface area contributed by atoms with Crippen LogP contribution in [0.25, 0.3) is 0 Å². The molecule has 0 radical (unpaired) electrons. The molecule has 6 heteroatoms. The molecule has 136 valence electrons. The van der Waals surface area contributed by atoms with Crippen LogP contribution in [-0.4, -0.2) is 24.2 Å². The molecule has 0 aliphatic rings. The Morgan fingerprint density at radius 3 is 2.56 bits per heavy atom. The summed E-state index contributed by atoms with van der Waals surface area (Å²) < 4.78 is 0. The quantitative estimate of drug-likeness (QED) is 0.322. The molecule has 2 rings (SSSR count). The molecule has 0 bridgehead atoms. The number of rotatable bonds is 7. The smallest absolute Gasteiger partial charge is 0.191 e. The first-order chi connectivity index (χ1) is 11.7. The van der Waals surface area contributed by atoms with Crippen LogP contribution in [0.15, 0.2) is 59.6 Å². The number of guanidine groups is 1. The molecule has 0 aliphatic heterocycles. The van der Waals surface area contributed by atoms with E-state index in [1.807, 2.05) is 61.5 Å². The third-order valence-corrected chi connectivity index (χ3v) is 3.78. The van der Waals surface area contributed by atoms with Crippen LogP contribution < -0.4 is 10.6 Å².